The fraction of sp³-hybridized carbons (Fsp3) is 0.429. The number of pyridine rings is 1. The summed E-state index contributed by atoms with van der Waals surface area (Å²) in [6.45, 7) is 6.25. The Balaban J connectivity index is 2.24. The Kier molecular flexibility index (Phi) is 4.10. The van der Waals surface area contributed by atoms with Crippen molar-refractivity contribution in [3.05, 3.63) is 35.2 Å². The SMILES string of the molecule is CC(C)C[C@@H](C)NC(=O)c1c(Cl)nc2ccccn12. The third-order valence-electron chi connectivity index (χ3n) is 2.90. The summed E-state index contributed by atoms with van der Waals surface area (Å²) in [6.07, 6.45) is 2.72. The molecule has 0 aliphatic carbocycles. The van der Waals surface area contributed by atoms with Crippen LogP contribution in [-0.2, 0) is 0 Å². The normalized spacial score (nSPS) is 12.9. The third kappa shape index (κ3) is 3.07. The molecule has 1 amide bonds. The first kappa shape index (κ1) is 13.9. The van der Waals surface area contributed by atoms with Gasteiger partial charge in [0.2, 0.25) is 0 Å². The maximum atomic E-state index is 12.3. The van der Waals surface area contributed by atoms with Crippen LogP contribution in [0.15, 0.2) is 24.4 Å². The molecule has 2 aromatic rings. The second-order valence-electron chi connectivity index (χ2n) is 5.18. The summed E-state index contributed by atoms with van der Waals surface area (Å²) < 4.78 is 1.71. The molecule has 0 saturated heterocycles. The summed E-state index contributed by atoms with van der Waals surface area (Å²) in [6, 6.07) is 5.64. The van der Waals surface area contributed by atoms with Crippen molar-refractivity contribution in [2.45, 2.75) is 33.2 Å². The molecule has 5 heteroatoms. The fourth-order valence-electron chi connectivity index (χ4n) is 2.23. The Morgan fingerprint density at radius 1 is 1.42 bits per heavy atom. The molecule has 102 valence electrons. The third-order valence-corrected chi connectivity index (χ3v) is 3.17. The number of carbonyl (C=O) groups excluding carboxylic acids is 1. The van der Waals surface area contributed by atoms with Crippen molar-refractivity contribution in [1.29, 1.82) is 0 Å². The van der Waals surface area contributed by atoms with Gasteiger partial charge in [0.25, 0.3) is 5.91 Å². The second-order valence-corrected chi connectivity index (χ2v) is 5.54. The van der Waals surface area contributed by atoms with Gasteiger partial charge in [-0.25, -0.2) is 4.98 Å². The molecule has 1 N–H and O–H groups in total. The number of hydrogen-bond donors (Lipinski definition) is 1. The summed E-state index contributed by atoms with van der Waals surface area (Å²) in [4.78, 5) is 16.4. The zero-order valence-corrected chi connectivity index (χ0v) is 12.1. The van der Waals surface area contributed by atoms with Crippen LogP contribution in [0.3, 0.4) is 0 Å². The van der Waals surface area contributed by atoms with Crippen LogP contribution in [0.4, 0.5) is 0 Å². The number of nitrogens with one attached hydrogen (secondary N) is 1. The molecule has 4 nitrogen and oxygen atoms in total. The van der Waals surface area contributed by atoms with E-state index >= 15 is 0 Å². The minimum Gasteiger partial charge on any atom is -0.348 e. The summed E-state index contributed by atoms with van der Waals surface area (Å²) in [7, 11) is 0. The first-order valence-electron chi connectivity index (χ1n) is 6.42. The molecule has 2 rings (SSSR count). The van der Waals surface area contributed by atoms with Crippen LogP contribution < -0.4 is 5.32 Å². The van der Waals surface area contributed by atoms with Gasteiger partial charge >= 0.3 is 0 Å². The van der Waals surface area contributed by atoms with Gasteiger partial charge in [-0.1, -0.05) is 31.5 Å². The van der Waals surface area contributed by atoms with Gasteiger partial charge in [-0.2, -0.15) is 0 Å². The first-order chi connectivity index (χ1) is 8.99. The molecule has 19 heavy (non-hydrogen) atoms. The number of fused-ring (bicyclic) bond motifs is 1. The summed E-state index contributed by atoms with van der Waals surface area (Å²) in [5, 5.41) is 3.20. The van der Waals surface area contributed by atoms with E-state index in [1.807, 2.05) is 25.1 Å². The molecule has 0 radical (unpaired) electrons. The highest BCUT2D eigenvalue weighted by Crippen LogP contribution is 2.17. The molecule has 2 heterocycles. The first-order valence-corrected chi connectivity index (χ1v) is 6.80. The predicted octanol–water partition coefficient (Wildman–Crippen LogP) is 3.15. The predicted molar refractivity (Wildman–Crippen MR) is 76.6 cm³/mol. The van der Waals surface area contributed by atoms with Crippen LogP contribution >= 0.6 is 11.6 Å². The van der Waals surface area contributed by atoms with E-state index in [-0.39, 0.29) is 17.1 Å². The molecule has 0 aliphatic rings. The van der Waals surface area contributed by atoms with Crippen molar-refractivity contribution >= 4 is 23.2 Å². The van der Waals surface area contributed by atoms with Crippen LogP contribution in [0.5, 0.6) is 0 Å². The van der Waals surface area contributed by atoms with Crippen molar-refractivity contribution < 1.29 is 4.79 Å². The zero-order valence-electron chi connectivity index (χ0n) is 11.4. The molecule has 0 fully saturated rings. The van der Waals surface area contributed by atoms with Gasteiger partial charge in [0.15, 0.2) is 10.8 Å². The summed E-state index contributed by atoms with van der Waals surface area (Å²) >= 11 is 6.06. The van der Waals surface area contributed by atoms with Crippen LogP contribution in [-0.4, -0.2) is 21.3 Å². The molecule has 0 aliphatic heterocycles. The average molecular weight is 280 g/mol. The lowest BCUT2D eigenvalue weighted by atomic mass is 10.1. The minimum absolute atomic E-state index is 0.109. The number of aromatic nitrogens is 2. The van der Waals surface area contributed by atoms with Gasteiger partial charge in [0.1, 0.15) is 5.65 Å². The largest absolute Gasteiger partial charge is 0.348 e. The number of nitrogens with zero attached hydrogens (tertiary/aromatic N) is 2. The standard InChI is InChI=1S/C14H18ClN3O/c1-9(2)8-10(3)16-14(19)12-13(15)17-11-6-4-5-7-18(11)12/h4-7,9-10H,8H2,1-3H3,(H,16,19)/t10-/m1/s1. The van der Waals surface area contributed by atoms with E-state index in [9.17, 15) is 4.79 Å². The highest BCUT2D eigenvalue weighted by molar-refractivity contribution is 6.32. The number of rotatable bonds is 4. The molecule has 0 aromatic carbocycles. The average Bonchev–Trinajstić information content (AvgIpc) is 2.63. The molecular weight excluding hydrogens is 262 g/mol. The van der Waals surface area contributed by atoms with Crippen LogP contribution in [0.25, 0.3) is 5.65 Å². The minimum atomic E-state index is -0.183. The smallest absolute Gasteiger partial charge is 0.271 e. The van der Waals surface area contributed by atoms with Crippen molar-refractivity contribution in [3.63, 3.8) is 0 Å². The zero-order chi connectivity index (χ0) is 14.0. The highest BCUT2D eigenvalue weighted by atomic mass is 35.5. The number of halogens is 1. The van der Waals surface area contributed by atoms with Gasteiger partial charge < -0.3 is 5.32 Å². The van der Waals surface area contributed by atoms with E-state index < -0.39 is 0 Å². The van der Waals surface area contributed by atoms with Crippen molar-refractivity contribution in [3.8, 4) is 0 Å². The van der Waals surface area contributed by atoms with E-state index in [2.05, 4.69) is 24.1 Å². The Labute approximate surface area is 117 Å². The van der Waals surface area contributed by atoms with Gasteiger partial charge in [0.05, 0.1) is 0 Å². The molecule has 0 saturated carbocycles. The molecule has 2 aromatic heterocycles. The monoisotopic (exact) mass is 279 g/mol. The lowest BCUT2D eigenvalue weighted by Gasteiger charge is -2.15. The van der Waals surface area contributed by atoms with E-state index in [1.54, 1.807) is 10.6 Å². The Bertz CT molecular complexity index is 591. The fourth-order valence-corrected chi connectivity index (χ4v) is 2.49. The van der Waals surface area contributed by atoms with Crippen LogP contribution in [0.2, 0.25) is 5.15 Å². The van der Waals surface area contributed by atoms with Crippen molar-refractivity contribution in [2.24, 2.45) is 5.92 Å². The van der Waals surface area contributed by atoms with Crippen molar-refractivity contribution in [1.82, 2.24) is 14.7 Å². The van der Waals surface area contributed by atoms with Crippen LogP contribution in [0, 0.1) is 5.92 Å². The lowest BCUT2D eigenvalue weighted by Crippen LogP contribution is -2.34. The van der Waals surface area contributed by atoms with E-state index in [1.165, 1.54) is 0 Å². The number of imidazole rings is 1. The van der Waals surface area contributed by atoms with E-state index in [4.69, 9.17) is 11.6 Å². The Morgan fingerprint density at radius 3 is 2.84 bits per heavy atom. The quantitative estimate of drug-likeness (QED) is 0.934. The maximum absolute atomic E-state index is 12.3. The topological polar surface area (TPSA) is 46.4 Å². The molecular formula is C14H18ClN3O. The lowest BCUT2D eigenvalue weighted by molar-refractivity contribution is 0.0930. The molecule has 0 spiro atoms. The Morgan fingerprint density at radius 2 is 2.16 bits per heavy atom. The van der Waals surface area contributed by atoms with Gasteiger partial charge in [-0.05, 0) is 31.4 Å². The summed E-state index contributed by atoms with van der Waals surface area (Å²) in [5.74, 6) is 0.352. The van der Waals surface area contributed by atoms with Gasteiger partial charge in [-0.3, -0.25) is 9.20 Å². The van der Waals surface area contributed by atoms with Crippen LogP contribution in [0.1, 0.15) is 37.7 Å². The molecule has 0 unspecified atom stereocenters. The maximum Gasteiger partial charge on any atom is 0.271 e. The van der Waals surface area contributed by atoms with Gasteiger partial charge in [0, 0.05) is 12.2 Å². The van der Waals surface area contributed by atoms with E-state index in [0.29, 0.717) is 17.3 Å². The van der Waals surface area contributed by atoms with E-state index in [0.717, 1.165) is 6.42 Å². The van der Waals surface area contributed by atoms with Gasteiger partial charge in [-0.15, -0.1) is 0 Å². The summed E-state index contributed by atoms with van der Waals surface area (Å²) in [5.41, 5.74) is 1.07. The Hall–Kier alpha value is -1.55. The molecule has 1 atom stereocenters. The van der Waals surface area contributed by atoms with Crippen molar-refractivity contribution in [2.75, 3.05) is 0 Å². The number of hydrogen-bond acceptors (Lipinski definition) is 2. The number of carbonyl (C=O) groups is 1. The second kappa shape index (κ2) is 5.61. The molecule has 0 bridgehead atoms. The number of amides is 1. The highest BCUT2D eigenvalue weighted by Gasteiger charge is 2.19.